The van der Waals surface area contributed by atoms with E-state index >= 15 is 0 Å². The molecule has 4 nitrogen and oxygen atoms in total. The fourth-order valence-electron chi connectivity index (χ4n) is 2.94. The molecule has 4 aromatic rings. The number of hydrogen-bond donors (Lipinski definition) is 1. The van der Waals surface area contributed by atoms with E-state index in [9.17, 15) is 4.79 Å². The van der Waals surface area contributed by atoms with E-state index < -0.39 is 0 Å². The second-order valence-corrected chi connectivity index (χ2v) is 6.89. The van der Waals surface area contributed by atoms with Crippen LogP contribution in [0.3, 0.4) is 0 Å². The third-order valence-electron chi connectivity index (χ3n) is 4.40. The van der Waals surface area contributed by atoms with E-state index in [4.69, 9.17) is 11.6 Å². The van der Waals surface area contributed by atoms with E-state index in [2.05, 4.69) is 10.4 Å². The molecule has 138 valence electrons. The van der Waals surface area contributed by atoms with Crippen molar-refractivity contribution in [1.29, 1.82) is 0 Å². The van der Waals surface area contributed by atoms with Crippen molar-refractivity contribution >= 4 is 23.2 Å². The van der Waals surface area contributed by atoms with Crippen molar-refractivity contribution in [3.8, 4) is 11.1 Å². The van der Waals surface area contributed by atoms with Crippen molar-refractivity contribution in [1.82, 2.24) is 9.78 Å². The first-order valence-corrected chi connectivity index (χ1v) is 9.29. The molecule has 3 aromatic carbocycles. The quantitative estimate of drug-likeness (QED) is 0.491. The van der Waals surface area contributed by atoms with Crippen LogP contribution < -0.4 is 5.32 Å². The standard InChI is InChI=1S/C23H18ClN3O/c24-21-12-6-17(7-13-21)15-27-16-22(14-25-27)26-23(28)20-10-8-19(9-11-20)18-4-2-1-3-5-18/h1-14,16H,15H2,(H,26,28). The minimum absolute atomic E-state index is 0.161. The smallest absolute Gasteiger partial charge is 0.255 e. The van der Waals surface area contributed by atoms with Gasteiger partial charge in [-0.3, -0.25) is 9.48 Å². The average molecular weight is 388 g/mol. The highest BCUT2D eigenvalue weighted by Crippen LogP contribution is 2.20. The molecule has 0 aliphatic carbocycles. The molecule has 0 atom stereocenters. The van der Waals surface area contributed by atoms with Crippen LogP contribution in [0, 0.1) is 0 Å². The van der Waals surface area contributed by atoms with Crippen LogP contribution in [0.2, 0.25) is 5.02 Å². The molecular formula is C23H18ClN3O. The molecule has 0 saturated heterocycles. The molecule has 0 bridgehead atoms. The van der Waals surface area contributed by atoms with E-state index in [1.54, 1.807) is 10.9 Å². The molecule has 0 aliphatic rings. The minimum Gasteiger partial charge on any atom is -0.319 e. The molecule has 0 aliphatic heterocycles. The number of nitrogens with zero attached hydrogens (tertiary/aromatic N) is 2. The van der Waals surface area contributed by atoms with Gasteiger partial charge in [0.25, 0.3) is 5.91 Å². The van der Waals surface area contributed by atoms with Crippen molar-refractivity contribution in [3.63, 3.8) is 0 Å². The van der Waals surface area contributed by atoms with Gasteiger partial charge in [0.05, 0.1) is 18.4 Å². The number of benzene rings is 3. The van der Waals surface area contributed by atoms with Crippen molar-refractivity contribution in [3.05, 3.63) is 107 Å². The molecular weight excluding hydrogens is 370 g/mol. The third kappa shape index (κ3) is 4.30. The number of anilines is 1. The summed E-state index contributed by atoms with van der Waals surface area (Å²) in [5.74, 6) is -0.161. The number of nitrogens with one attached hydrogen (secondary N) is 1. The molecule has 1 aromatic heterocycles. The highest BCUT2D eigenvalue weighted by Gasteiger charge is 2.08. The first-order valence-electron chi connectivity index (χ1n) is 8.91. The molecule has 1 N–H and O–H groups in total. The summed E-state index contributed by atoms with van der Waals surface area (Å²) < 4.78 is 1.78. The third-order valence-corrected chi connectivity index (χ3v) is 4.66. The van der Waals surface area contributed by atoms with E-state index in [0.29, 0.717) is 22.8 Å². The minimum atomic E-state index is -0.161. The number of carbonyl (C=O) groups excluding carboxylic acids is 1. The lowest BCUT2D eigenvalue weighted by atomic mass is 10.0. The van der Waals surface area contributed by atoms with Gasteiger partial charge in [-0.05, 0) is 41.0 Å². The first-order chi connectivity index (χ1) is 13.7. The maximum atomic E-state index is 12.5. The van der Waals surface area contributed by atoms with E-state index in [0.717, 1.165) is 16.7 Å². The summed E-state index contributed by atoms with van der Waals surface area (Å²) in [5, 5.41) is 7.90. The van der Waals surface area contributed by atoms with Crippen molar-refractivity contribution < 1.29 is 4.79 Å². The molecule has 0 saturated carbocycles. The Hall–Kier alpha value is -3.37. The van der Waals surface area contributed by atoms with Gasteiger partial charge in [0, 0.05) is 16.8 Å². The van der Waals surface area contributed by atoms with Gasteiger partial charge in [-0.15, -0.1) is 0 Å². The Morgan fingerprint density at radius 2 is 1.57 bits per heavy atom. The van der Waals surface area contributed by atoms with Gasteiger partial charge in [0.15, 0.2) is 0 Å². The molecule has 5 heteroatoms. The molecule has 0 spiro atoms. The van der Waals surface area contributed by atoms with Crippen LogP contribution in [0.15, 0.2) is 91.3 Å². The lowest BCUT2D eigenvalue weighted by molar-refractivity contribution is 0.102. The Morgan fingerprint density at radius 3 is 2.29 bits per heavy atom. The van der Waals surface area contributed by atoms with Crippen molar-refractivity contribution in [2.75, 3.05) is 5.32 Å². The van der Waals surface area contributed by atoms with Gasteiger partial charge < -0.3 is 5.32 Å². The monoisotopic (exact) mass is 387 g/mol. The number of hydrogen-bond acceptors (Lipinski definition) is 2. The number of halogens is 1. The number of carbonyl (C=O) groups is 1. The summed E-state index contributed by atoms with van der Waals surface area (Å²) in [6.07, 6.45) is 3.46. The van der Waals surface area contributed by atoms with Gasteiger partial charge in [0.1, 0.15) is 0 Å². The van der Waals surface area contributed by atoms with E-state index in [1.165, 1.54) is 0 Å². The number of rotatable bonds is 5. The maximum absolute atomic E-state index is 12.5. The zero-order valence-electron chi connectivity index (χ0n) is 15.0. The summed E-state index contributed by atoms with van der Waals surface area (Å²) in [4.78, 5) is 12.5. The summed E-state index contributed by atoms with van der Waals surface area (Å²) in [7, 11) is 0. The first kappa shape index (κ1) is 18.0. The molecule has 0 radical (unpaired) electrons. The maximum Gasteiger partial charge on any atom is 0.255 e. The zero-order chi connectivity index (χ0) is 19.3. The molecule has 0 unspecified atom stereocenters. The van der Waals surface area contributed by atoms with Crippen LogP contribution in [0.25, 0.3) is 11.1 Å². The number of amides is 1. The topological polar surface area (TPSA) is 46.9 Å². The van der Waals surface area contributed by atoms with Gasteiger partial charge >= 0.3 is 0 Å². The Labute approximate surface area is 168 Å². The van der Waals surface area contributed by atoms with Crippen molar-refractivity contribution in [2.45, 2.75) is 6.54 Å². The van der Waals surface area contributed by atoms with Crippen LogP contribution in [-0.4, -0.2) is 15.7 Å². The molecule has 1 heterocycles. The normalized spacial score (nSPS) is 10.6. The summed E-state index contributed by atoms with van der Waals surface area (Å²) in [5.41, 5.74) is 4.55. The predicted octanol–water partition coefficient (Wildman–Crippen LogP) is 5.50. The van der Waals surface area contributed by atoms with Crippen LogP contribution in [0.4, 0.5) is 5.69 Å². The Bertz CT molecular complexity index is 1070. The Kier molecular flexibility index (Phi) is 5.22. The highest BCUT2D eigenvalue weighted by atomic mass is 35.5. The average Bonchev–Trinajstić information content (AvgIpc) is 3.17. The van der Waals surface area contributed by atoms with Gasteiger partial charge in [0.2, 0.25) is 0 Å². The largest absolute Gasteiger partial charge is 0.319 e. The SMILES string of the molecule is O=C(Nc1cnn(Cc2ccc(Cl)cc2)c1)c1ccc(-c2ccccc2)cc1. The van der Waals surface area contributed by atoms with Gasteiger partial charge in [-0.2, -0.15) is 5.10 Å². The predicted molar refractivity (Wildman–Crippen MR) is 113 cm³/mol. The molecule has 28 heavy (non-hydrogen) atoms. The second-order valence-electron chi connectivity index (χ2n) is 6.45. The molecule has 4 rings (SSSR count). The van der Waals surface area contributed by atoms with Crippen LogP contribution >= 0.6 is 11.6 Å². The summed E-state index contributed by atoms with van der Waals surface area (Å²) in [6.45, 7) is 0.610. The molecule has 1 amide bonds. The van der Waals surface area contributed by atoms with Crippen molar-refractivity contribution in [2.24, 2.45) is 0 Å². The van der Waals surface area contributed by atoms with Crippen LogP contribution in [0.5, 0.6) is 0 Å². The second kappa shape index (κ2) is 8.11. The molecule has 0 fully saturated rings. The number of aromatic nitrogens is 2. The van der Waals surface area contributed by atoms with E-state index in [1.807, 2.05) is 85.1 Å². The summed E-state index contributed by atoms with van der Waals surface area (Å²) >= 11 is 5.91. The van der Waals surface area contributed by atoms with Crippen LogP contribution in [-0.2, 0) is 6.54 Å². The van der Waals surface area contributed by atoms with Gasteiger partial charge in [-0.1, -0.05) is 66.2 Å². The lowest BCUT2D eigenvalue weighted by Gasteiger charge is -2.05. The fourth-order valence-corrected chi connectivity index (χ4v) is 3.07. The van der Waals surface area contributed by atoms with Gasteiger partial charge in [-0.25, -0.2) is 0 Å². The Balaban J connectivity index is 1.41. The fraction of sp³-hybridized carbons (Fsp3) is 0.0435. The summed E-state index contributed by atoms with van der Waals surface area (Å²) in [6, 6.07) is 25.2. The van der Waals surface area contributed by atoms with Crippen LogP contribution in [0.1, 0.15) is 15.9 Å². The highest BCUT2D eigenvalue weighted by molar-refractivity contribution is 6.30. The lowest BCUT2D eigenvalue weighted by Crippen LogP contribution is -2.11. The zero-order valence-corrected chi connectivity index (χ0v) is 15.8. The van der Waals surface area contributed by atoms with E-state index in [-0.39, 0.29) is 5.91 Å². The Morgan fingerprint density at radius 1 is 0.893 bits per heavy atom.